The average molecular weight is 258 g/mol. The number of rotatable bonds is 4. The summed E-state index contributed by atoms with van der Waals surface area (Å²) in [5.41, 5.74) is 1.20. The molecule has 92 valence electrons. The van der Waals surface area contributed by atoms with E-state index in [1.54, 1.807) is 24.0 Å². The molecule has 2 rings (SSSR count). The predicted molar refractivity (Wildman–Crippen MR) is 75.0 cm³/mol. The van der Waals surface area contributed by atoms with E-state index in [1.165, 1.54) is 0 Å². The topological polar surface area (TPSA) is 42.0 Å². The minimum Gasteiger partial charge on any atom is -0.321 e. The molecule has 0 aliphatic carbocycles. The van der Waals surface area contributed by atoms with E-state index in [0.717, 1.165) is 16.3 Å². The van der Waals surface area contributed by atoms with Crippen molar-refractivity contribution >= 4 is 23.4 Å². The highest BCUT2D eigenvalue weighted by atomic mass is 32.2. The van der Waals surface area contributed by atoms with Crippen LogP contribution in [0.2, 0.25) is 0 Å². The normalized spacial score (nSPS) is 10.1. The number of benzene rings is 1. The molecule has 3 nitrogen and oxygen atoms in total. The molecule has 0 fully saturated rings. The Bertz CT molecular complexity index is 511. The van der Waals surface area contributed by atoms with Gasteiger partial charge in [0.25, 0.3) is 5.91 Å². The van der Waals surface area contributed by atoms with Gasteiger partial charge in [-0.15, -0.1) is 11.8 Å². The fourth-order valence-electron chi connectivity index (χ4n) is 1.48. The van der Waals surface area contributed by atoms with Crippen LogP contribution in [-0.4, -0.2) is 16.6 Å². The summed E-state index contributed by atoms with van der Waals surface area (Å²) in [5, 5.41) is 2.80. The zero-order valence-electron chi connectivity index (χ0n) is 10.1. The van der Waals surface area contributed by atoms with Crippen molar-refractivity contribution in [3.63, 3.8) is 0 Å². The van der Waals surface area contributed by atoms with Crippen molar-refractivity contribution in [3.05, 3.63) is 54.4 Å². The monoisotopic (exact) mass is 258 g/mol. The number of aromatic nitrogens is 1. The summed E-state index contributed by atoms with van der Waals surface area (Å²) >= 11 is 1.71. The van der Waals surface area contributed by atoms with E-state index >= 15 is 0 Å². The summed E-state index contributed by atoms with van der Waals surface area (Å²) in [4.78, 5) is 17.1. The Balaban J connectivity index is 2.05. The number of para-hydroxylation sites is 1. The van der Waals surface area contributed by atoms with Crippen LogP contribution in [0.1, 0.15) is 17.4 Å². The Labute approximate surface area is 111 Å². The van der Waals surface area contributed by atoms with E-state index in [-0.39, 0.29) is 5.91 Å². The maximum atomic E-state index is 11.9. The van der Waals surface area contributed by atoms with E-state index in [4.69, 9.17) is 0 Å². The van der Waals surface area contributed by atoms with Gasteiger partial charge in [0.05, 0.1) is 0 Å². The summed E-state index contributed by atoms with van der Waals surface area (Å²) < 4.78 is 0. The van der Waals surface area contributed by atoms with Crippen molar-refractivity contribution in [2.75, 3.05) is 11.1 Å². The van der Waals surface area contributed by atoms with Crippen LogP contribution in [0.15, 0.2) is 53.6 Å². The number of anilines is 1. The minimum atomic E-state index is -0.186. The summed E-state index contributed by atoms with van der Waals surface area (Å²) in [6, 6.07) is 13.0. The number of carbonyl (C=O) groups is 1. The molecular weight excluding hydrogens is 244 g/mol. The molecule has 0 aliphatic rings. The molecule has 1 heterocycles. The number of hydrogen-bond donors (Lipinski definition) is 1. The molecular formula is C14H14N2OS. The van der Waals surface area contributed by atoms with Gasteiger partial charge in [0.15, 0.2) is 0 Å². The second-order valence-corrected chi connectivity index (χ2v) is 4.97. The average Bonchev–Trinajstić information content (AvgIpc) is 2.41. The third-order valence-electron chi connectivity index (χ3n) is 2.31. The second-order valence-electron chi connectivity index (χ2n) is 3.63. The molecule has 1 amide bonds. The molecule has 4 heteroatoms. The van der Waals surface area contributed by atoms with E-state index in [9.17, 15) is 4.79 Å². The molecule has 0 atom stereocenters. The van der Waals surface area contributed by atoms with Crippen LogP contribution in [0.5, 0.6) is 0 Å². The molecule has 0 spiro atoms. The van der Waals surface area contributed by atoms with Gasteiger partial charge in [0.2, 0.25) is 0 Å². The maximum absolute atomic E-state index is 11.9. The first-order valence-electron chi connectivity index (χ1n) is 5.75. The van der Waals surface area contributed by atoms with Crippen LogP contribution in [0.25, 0.3) is 0 Å². The van der Waals surface area contributed by atoms with Crippen LogP contribution in [-0.2, 0) is 0 Å². The molecule has 0 radical (unpaired) electrons. The number of amides is 1. The predicted octanol–water partition coefficient (Wildman–Crippen LogP) is 3.45. The Morgan fingerprint density at radius 1 is 1.22 bits per heavy atom. The first-order chi connectivity index (χ1) is 8.79. The Hall–Kier alpha value is -1.81. The summed E-state index contributed by atoms with van der Waals surface area (Å²) in [5.74, 6) is 0.811. The van der Waals surface area contributed by atoms with Crippen molar-refractivity contribution in [3.8, 4) is 0 Å². The lowest BCUT2D eigenvalue weighted by Gasteiger charge is -2.04. The number of thioether (sulfide) groups is 1. The molecule has 1 aromatic heterocycles. The molecule has 2 aromatic rings. The van der Waals surface area contributed by atoms with Gasteiger partial charge in [-0.1, -0.05) is 25.1 Å². The van der Waals surface area contributed by atoms with E-state index in [0.29, 0.717) is 5.69 Å². The van der Waals surface area contributed by atoms with Crippen molar-refractivity contribution in [1.82, 2.24) is 4.98 Å². The van der Waals surface area contributed by atoms with Gasteiger partial charge in [-0.05, 0) is 30.0 Å². The lowest BCUT2D eigenvalue weighted by Crippen LogP contribution is -2.13. The molecule has 0 aliphatic heterocycles. The van der Waals surface area contributed by atoms with Gasteiger partial charge in [-0.25, -0.2) is 4.98 Å². The van der Waals surface area contributed by atoms with Crippen molar-refractivity contribution in [2.24, 2.45) is 0 Å². The first kappa shape index (κ1) is 12.6. The quantitative estimate of drug-likeness (QED) is 0.854. The second kappa shape index (κ2) is 6.21. The zero-order chi connectivity index (χ0) is 12.8. The van der Waals surface area contributed by atoms with Gasteiger partial charge >= 0.3 is 0 Å². The standard InChI is InChI=1S/C14H14N2OS/c1-2-18-12-8-9-13(15-10-12)14(17)16-11-6-4-3-5-7-11/h3-10H,2H2,1H3,(H,16,17). The lowest BCUT2D eigenvalue weighted by atomic mass is 10.3. The fraction of sp³-hybridized carbons (Fsp3) is 0.143. The number of hydrogen-bond acceptors (Lipinski definition) is 3. The SMILES string of the molecule is CCSc1ccc(C(=O)Nc2ccccc2)nc1. The molecule has 0 saturated heterocycles. The largest absolute Gasteiger partial charge is 0.321 e. The number of pyridine rings is 1. The smallest absolute Gasteiger partial charge is 0.274 e. The maximum Gasteiger partial charge on any atom is 0.274 e. The van der Waals surface area contributed by atoms with Gasteiger partial charge in [0.1, 0.15) is 5.69 Å². The van der Waals surface area contributed by atoms with E-state index in [2.05, 4.69) is 17.2 Å². The first-order valence-corrected chi connectivity index (χ1v) is 6.73. The Morgan fingerprint density at radius 3 is 2.61 bits per heavy atom. The highest BCUT2D eigenvalue weighted by Crippen LogP contribution is 2.16. The van der Waals surface area contributed by atoms with Crippen LogP contribution in [0.3, 0.4) is 0 Å². The molecule has 0 unspecified atom stereocenters. The fourth-order valence-corrected chi connectivity index (χ4v) is 2.11. The van der Waals surface area contributed by atoms with E-state index in [1.807, 2.05) is 36.4 Å². The number of nitrogens with one attached hydrogen (secondary N) is 1. The molecule has 1 N–H and O–H groups in total. The Kier molecular flexibility index (Phi) is 4.36. The summed E-state index contributed by atoms with van der Waals surface area (Å²) in [6.45, 7) is 2.08. The third-order valence-corrected chi connectivity index (χ3v) is 3.18. The van der Waals surface area contributed by atoms with Crippen LogP contribution in [0, 0.1) is 0 Å². The van der Waals surface area contributed by atoms with Gasteiger partial charge in [-0.3, -0.25) is 4.79 Å². The zero-order valence-corrected chi connectivity index (χ0v) is 10.9. The molecule has 0 saturated carbocycles. The number of nitrogens with zero attached hydrogens (tertiary/aromatic N) is 1. The Morgan fingerprint density at radius 2 is 2.00 bits per heavy atom. The van der Waals surface area contributed by atoms with Crippen LogP contribution < -0.4 is 5.32 Å². The van der Waals surface area contributed by atoms with Gasteiger partial charge < -0.3 is 5.32 Å². The summed E-state index contributed by atoms with van der Waals surface area (Å²) in [7, 11) is 0. The molecule has 0 bridgehead atoms. The highest BCUT2D eigenvalue weighted by molar-refractivity contribution is 7.99. The highest BCUT2D eigenvalue weighted by Gasteiger charge is 2.07. The molecule has 18 heavy (non-hydrogen) atoms. The summed E-state index contributed by atoms with van der Waals surface area (Å²) in [6.07, 6.45) is 1.73. The number of carbonyl (C=O) groups excluding carboxylic acids is 1. The third kappa shape index (κ3) is 3.34. The molecule has 1 aromatic carbocycles. The van der Waals surface area contributed by atoms with Crippen molar-refractivity contribution in [2.45, 2.75) is 11.8 Å². The lowest BCUT2D eigenvalue weighted by molar-refractivity contribution is 0.102. The van der Waals surface area contributed by atoms with Gasteiger partial charge in [0, 0.05) is 16.8 Å². The van der Waals surface area contributed by atoms with Gasteiger partial charge in [-0.2, -0.15) is 0 Å². The van der Waals surface area contributed by atoms with E-state index < -0.39 is 0 Å². The van der Waals surface area contributed by atoms with Crippen LogP contribution >= 0.6 is 11.8 Å². The van der Waals surface area contributed by atoms with Crippen molar-refractivity contribution < 1.29 is 4.79 Å². The van der Waals surface area contributed by atoms with Crippen LogP contribution in [0.4, 0.5) is 5.69 Å². The minimum absolute atomic E-state index is 0.186. The van der Waals surface area contributed by atoms with Crippen molar-refractivity contribution in [1.29, 1.82) is 0 Å².